The van der Waals surface area contributed by atoms with Gasteiger partial charge in [-0.1, -0.05) is 12.8 Å². The molecule has 0 saturated heterocycles. The first kappa shape index (κ1) is 21.6. The largest absolute Gasteiger partial charge is 0.760 e. The van der Waals surface area contributed by atoms with Crippen molar-refractivity contribution in [3.63, 3.8) is 0 Å². The fourth-order valence-corrected chi connectivity index (χ4v) is 4.51. The molecule has 0 aliphatic heterocycles. The molecule has 3 heterocycles. The molecule has 0 radical (unpaired) electrons. The van der Waals surface area contributed by atoms with Crippen LogP contribution in [0.25, 0.3) is 28.0 Å². The molecule has 1 aliphatic carbocycles. The summed E-state index contributed by atoms with van der Waals surface area (Å²) in [6, 6.07) is 12.0. The summed E-state index contributed by atoms with van der Waals surface area (Å²) in [5.41, 5.74) is 4.38. The normalized spacial score (nSPS) is 15.2. The molecule has 1 aliphatic rings. The number of pyridine rings is 1. The average molecular weight is 466 g/mol. The number of rotatable bonds is 7. The van der Waals surface area contributed by atoms with Crippen LogP contribution in [0.1, 0.15) is 31.2 Å². The Balaban J connectivity index is 1.62. The van der Waals surface area contributed by atoms with Crippen LogP contribution in [-0.2, 0) is 17.8 Å². The topological polar surface area (TPSA) is 107 Å². The molecule has 0 bridgehead atoms. The van der Waals surface area contributed by atoms with E-state index in [0.717, 1.165) is 35.0 Å². The molecule has 170 valence electrons. The summed E-state index contributed by atoms with van der Waals surface area (Å²) < 4.78 is 39.6. The van der Waals surface area contributed by atoms with Gasteiger partial charge in [-0.05, 0) is 60.9 Å². The number of nitrogens with zero attached hydrogens (tertiary/aromatic N) is 4. The number of halogens is 1. The van der Waals surface area contributed by atoms with Crippen LogP contribution in [0, 0.1) is 5.82 Å². The number of nitrogens with one attached hydrogen (secondary N) is 2. The molecule has 1 unspecified atom stereocenters. The molecule has 0 spiro atoms. The van der Waals surface area contributed by atoms with E-state index in [2.05, 4.69) is 15.0 Å². The van der Waals surface area contributed by atoms with Crippen molar-refractivity contribution in [1.29, 1.82) is 0 Å². The van der Waals surface area contributed by atoms with E-state index in [9.17, 15) is 13.2 Å². The van der Waals surface area contributed by atoms with Crippen molar-refractivity contribution < 1.29 is 13.2 Å². The van der Waals surface area contributed by atoms with E-state index in [-0.39, 0.29) is 12.4 Å². The number of fused-ring (bicyclic) bond motifs is 1. The molecule has 10 heteroatoms. The van der Waals surface area contributed by atoms with Crippen molar-refractivity contribution >= 4 is 22.7 Å². The van der Waals surface area contributed by atoms with E-state index in [1.54, 1.807) is 35.1 Å². The fraction of sp³-hybridized carbons (Fsp3) is 0.261. The van der Waals surface area contributed by atoms with Gasteiger partial charge in [-0.15, -0.1) is 0 Å². The maximum absolute atomic E-state index is 13.6. The SMILES string of the molecule is O=S([O-])NCc1ccn2nc(-c3ccc(F)cc3)c(-c3ccnc(NC4CCCC4)n3)c2c1. The van der Waals surface area contributed by atoms with Crippen molar-refractivity contribution in [3.05, 3.63) is 66.2 Å². The standard InChI is InChI=1S/C23H23FN6O2S/c24-17-7-5-16(6-8-17)22-21(19-9-11-25-23(28-19)27-18-3-1-2-4-18)20-13-15(14-26-33(31)32)10-12-30(20)29-22/h5-13,18,26H,1-4,14H2,(H,31,32)(H,25,27,28)/p-1. The van der Waals surface area contributed by atoms with Crippen LogP contribution in [0.3, 0.4) is 0 Å². The third kappa shape index (κ3) is 4.77. The van der Waals surface area contributed by atoms with Crippen molar-refractivity contribution in [3.8, 4) is 22.5 Å². The fourth-order valence-electron chi connectivity index (χ4n) is 4.22. The predicted molar refractivity (Wildman–Crippen MR) is 123 cm³/mol. The Bertz CT molecular complexity index is 1300. The molecule has 1 saturated carbocycles. The van der Waals surface area contributed by atoms with Gasteiger partial charge in [0.05, 0.1) is 16.8 Å². The summed E-state index contributed by atoms with van der Waals surface area (Å²) in [7, 11) is 0. The van der Waals surface area contributed by atoms with E-state index >= 15 is 0 Å². The Kier molecular flexibility index (Phi) is 6.12. The molecule has 33 heavy (non-hydrogen) atoms. The van der Waals surface area contributed by atoms with Crippen LogP contribution in [0.15, 0.2) is 54.9 Å². The van der Waals surface area contributed by atoms with Gasteiger partial charge in [0.15, 0.2) is 0 Å². The molecule has 1 atom stereocenters. The van der Waals surface area contributed by atoms with Crippen LogP contribution >= 0.6 is 0 Å². The van der Waals surface area contributed by atoms with Crippen molar-refractivity contribution in [2.45, 2.75) is 38.3 Å². The van der Waals surface area contributed by atoms with E-state index in [1.807, 2.05) is 12.1 Å². The Morgan fingerprint density at radius 2 is 1.94 bits per heavy atom. The van der Waals surface area contributed by atoms with Gasteiger partial charge in [-0.3, -0.25) is 4.21 Å². The van der Waals surface area contributed by atoms with Crippen LogP contribution < -0.4 is 10.0 Å². The molecule has 1 fully saturated rings. The van der Waals surface area contributed by atoms with Gasteiger partial charge < -0.3 is 9.87 Å². The van der Waals surface area contributed by atoms with Gasteiger partial charge in [0, 0.05) is 41.8 Å². The molecule has 3 aromatic heterocycles. The zero-order valence-electron chi connectivity index (χ0n) is 17.7. The maximum Gasteiger partial charge on any atom is 0.223 e. The minimum absolute atomic E-state index is 0.154. The summed E-state index contributed by atoms with van der Waals surface area (Å²) in [6.07, 6.45) is 8.08. The van der Waals surface area contributed by atoms with Gasteiger partial charge in [0.25, 0.3) is 0 Å². The Hall–Kier alpha value is -3.21. The van der Waals surface area contributed by atoms with Crippen molar-refractivity contribution in [2.75, 3.05) is 5.32 Å². The second-order valence-corrected chi connectivity index (χ2v) is 8.80. The molecule has 5 rings (SSSR count). The van der Waals surface area contributed by atoms with E-state index in [0.29, 0.717) is 23.4 Å². The van der Waals surface area contributed by atoms with Crippen LogP contribution in [0.4, 0.5) is 10.3 Å². The summed E-state index contributed by atoms with van der Waals surface area (Å²) >= 11 is -2.36. The molecule has 0 amide bonds. The molecule has 1 aromatic carbocycles. The van der Waals surface area contributed by atoms with Crippen LogP contribution in [0.2, 0.25) is 0 Å². The maximum atomic E-state index is 13.6. The molecule has 2 N–H and O–H groups in total. The first-order chi connectivity index (χ1) is 16.1. The highest BCUT2D eigenvalue weighted by atomic mass is 32.2. The van der Waals surface area contributed by atoms with Crippen LogP contribution in [-0.4, -0.2) is 34.4 Å². The summed E-state index contributed by atoms with van der Waals surface area (Å²) in [6.45, 7) is 0.154. The first-order valence-electron chi connectivity index (χ1n) is 10.8. The Morgan fingerprint density at radius 1 is 1.15 bits per heavy atom. The first-order valence-corrected chi connectivity index (χ1v) is 11.8. The second kappa shape index (κ2) is 9.34. The van der Waals surface area contributed by atoms with E-state index in [1.165, 1.54) is 25.0 Å². The lowest BCUT2D eigenvalue weighted by molar-refractivity contribution is 0.522. The Morgan fingerprint density at radius 3 is 2.70 bits per heavy atom. The van der Waals surface area contributed by atoms with E-state index in [4.69, 9.17) is 10.1 Å². The summed E-state index contributed by atoms with van der Waals surface area (Å²) in [5.74, 6) is 0.233. The quantitative estimate of drug-likeness (QED) is 0.402. The third-order valence-corrected chi connectivity index (χ3v) is 6.19. The van der Waals surface area contributed by atoms with Crippen LogP contribution in [0.5, 0.6) is 0 Å². The highest BCUT2D eigenvalue weighted by Crippen LogP contribution is 2.35. The zero-order chi connectivity index (χ0) is 22.8. The van der Waals surface area contributed by atoms with Crippen molar-refractivity contribution in [1.82, 2.24) is 24.3 Å². The smallest absolute Gasteiger partial charge is 0.223 e. The summed E-state index contributed by atoms with van der Waals surface area (Å²) in [4.78, 5) is 9.17. The lowest BCUT2D eigenvalue weighted by Crippen LogP contribution is -2.16. The van der Waals surface area contributed by atoms with Gasteiger partial charge in [0.2, 0.25) is 5.95 Å². The zero-order valence-corrected chi connectivity index (χ0v) is 18.5. The van der Waals surface area contributed by atoms with Gasteiger partial charge in [-0.25, -0.2) is 23.6 Å². The van der Waals surface area contributed by atoms with E-state index < -0.39 is 11.3 Å². The monoisotopic (exact) mass is 465 g/mol. The highest BCUT2D eigenvalue weighted by Gasteiger charge is 2.20. The molecule has 4 aromatic rings. The number of hydrogen-bond acceptors (Lipinski definition) is 6. The van der Waals surface area contributed by atoms with Gasteiger partial charge in [0.1, 0.15) is 11.5 Å². The van der Waals surface area contributed by atoms with Gasteiger partial charge >= 0.3 is 0 Å². The summed E-state index contributed by atoms with van der Waals surface area (Å²) in [5, 5.41) is 8.15. The number of aromatic nitrogens is 4. The molecule has 8 nitrogen and oxygen atoms in total. The minimum Gasteiger partial charge on any atom is -0.760 e. The molecular weight excluding hydrogens is 443 g/mol. The lowest BCUT2D eigenvalue weighted by Gasteiger charge is -2.12. The predicted octanol–water partition coefficient (Wildman–Crippen LogP) is 3.84. The number of hydrogen-bond donors (Lipinski definition) is 2. The second-order valence-electron chi connectivity index (χ2n) is 8.04. The lowest BCUT2D eigenvalue weighted by atomic mass is 10.0. The molecular formula is C23H22FN6O2S-. The van der Waals surface area contributed by atoms with Gasteiger partial charge in [-0.2, -0.15) is 5.10 Å². The highest BCUT2D eigenvalue weighted by molar-refractivity contribution is 7.77. The average Bonchev–Trinajstić information content (AvgIpc) is 3.45. The number of benzene rings is 1. The minimum atomic E-state index is -2.36. The number of anilines is 1. The van der Waals surface area contributed by atoms with Crippen molar-refractivity contribution in [2.24, 2.45) is 0 Å². The third-order valence-electron chi connectivity index (χ3n) is 5.81. The Labute approximate surface area is 192 Å².